The van der Waals surface area contributed by atoms with E-state index in [0.29, 0.717) is 12.2 Å². The lowest BCUT2D eigenvalue weighted by Crippen LogP contribution is -2.15. The van der Waals surface area contributed by atoms with Crippen molar-refractivity contribution in [1.82, 2.24) is 34.3 Å². The first-order valence-corrected chi connectivity index (χ1v) is 9.01. The van der Waals surface area contributed by atoms with E-state index in [1.165, 1.54) is 17.1 Å². The van der Waals surface area contributed by atoms with Crippen molar-refractivity contribution in [2.45, 2.75) is 20.4 Å². The van der Waals surface area contributed by atoms with E-state index in [9.17, 15) is 9.59 Å². The van der Waals surface area contributed by atoms with Crippen LogP contribution in [0.5, 0.6) is 0 Å². The number of hydrogen-bond donors (Lipinski definition) is 1. The minimum absolute atomic E-state index is 0.180. The first-order chi connectivity index (χ1) is 13.0. The van der Waals surface area contributed by atoms with Gasteiger partial charge in [0, 0.05) is 11.6 Å². The van der Waals surface area contributed by atoms with Crippen molar-refractivity contribution in [3.8, 4) is 5.95 Å². The lowest BCUT2D eigenvalue weighted by molar-refractivity contribution is 0.0526. The van der Waals surface area contributed by atoms with E-state index in [4.69, 9.17) is 4.74 Å². The molecule has 4 rings (SSSR count). The highest BCUT2D eigenvalue weighted by atomic mass is 32.1. The average molecular weight is 385 g/mol. The van der Waals surface area contributed by atoms with Crippen molar-refractivity contribution in [2.75, 3.05) is 6.61 Å². The van der Waals surface area contributed by atoms with Gasteiger partial charge >= 0.3 is 5.97 Å². The predicted molar refractivity (Wildman–Crippen MR) is 97.2 cm³/mol. The molecule has 4 aromatic heterocycles. The van der Waals surface area contributed by atoms with E-state index in [1.807, 2.05) is 12.3 Å². The summed E-state index contributed by atoms with van der Waals surface area (Å²) in [6.45, 7) is 4.37. The van der Waals surface area contributed by atoms with Gasteiger partial charge in [-0.2, -0.15) is 10.1 Å². The highest BCUT2D eigenvalue weighted by Gasteiger charge is 2.15. The Morgan fingerprint density at radius 1 is 1.37 bits per heavy atom. The van der Waals surface area contributed by atoms with Crippen LogP contribution < -0.4 is 5.56 Å². The molecule has 10 nitrogen and oxygen atoms in total. The molecule has 0 aliphatic rings. The monoisotopic (exact) mass is 385 g/mol. The predicted octanol–water partition coefficient (Wildman–Crippen LogP) is 1.30. The lowest BCUT2D eigenvalue weighted by atomic mass is 10.4. The fourth-order valence-corrected chi connectivity index (χ4v) is 3.18. The number of thiazole rings is 1. The number of aryl methyl sites for hydroxylation is 1. The average Bonchev–Trinajstić information content (AvgIpc) is 3.36. The van der Waals surface area contributed by atoms with Crippen LogP contribution >= 0.6 is 11.3 Å². The van der Waals surface area contributed by atoms with Gasteiger partial charge in [0.05, 0.1) is 41.9 Å². The van der Waals surface area contributed by atoms with Crippen molar-refractivity contribution in [2.24, 2.45) is 0 Å². The van der Waals surface area contributed by atoms with Gasteiger partial charge < -0.3 is 9.30 Å². The van der Waals surface area contributed by atoms with Crippen LogP contribution in [0, 0.1) is 6.92 Å². The molecule has 0 radical (unpaired) electrons. The third-order valence-electron chi connectivity index (χ3n) is 3.77. The molecule has 0 saturated heterocycles. The zero-order chi connectivity index (χ0) is 19.0. The standard InChI is InChI=1S/C16H15N7O3S/c1-3-26-15(25)10-4-18-23(5-10)16-20-13-12(14(24)21-16)17-8-22(13)6-11-7-27-9(2)19-11/h4-5,7-8H,3,6H2,1-2H3,(H,20,21,24). The maximum Gasteiger partial charge on any atom is 0.341 e. The number of H-pyrrole nitrogens is 1. The van der Waals surface area contributed by atoms with Crippen LogP contribution in [0.3, 0.4) is 0 Å². The summed E-state index contributed by atoms with van der Waals surface area (Å²) in [6, 6.07) is 0. The van der Waals surface area contributed by atoms with E-state index in [2.05, 4.69) is 25.0 Å². The second kappa shape index (κ2) is 6.76. The smallest absolute Gasteiger partial charge is 0.341 e. The molecule has 0 amide bonds. The molecule has 138 valence electrons. The Kier molecular flexibility index (Phi) is 4.28. The first kappa shape index (κ1) is 17.1. The maximum absolute atomic E-state index is 12.4. The summed E-state index contributed by atoms with van der Waals surface area (Å²) in [7, 11) is 0. The van der Waals surface area contributed by atoms with Gasteiger partial charge in [0.1, 0.15) is 0 Å². The minimum atomic E-state index is -0.490. The highest BCUT2D eigenvalue weighted by molar-refractivity contribution is 7.09. The van der Waals surface area contributed by atoms with Gasteiger partial charge in [-0.15, -0.1) is 11.3 Å². The van der Waals surface area contributed by atoms with Gasteiger partial charge in [-0.25, -0.2) is 19.4 Å². The summed E-state index contributed by atoms with van der Waals surface area (Å²) in [5.41, 5.74) is 1.38. The van der Waals surface area contributed by atoms with E-state index in [0.717, 1.165) is 10.7 Å². The molecule has 0 saturated carbocycles. The van der Waals surface area contributed by atoms with E-state index in [-0.39, 0.29) is 23.6 Å². The third-order valence-corrected chi connectivity index (χ3v) is 4.59. The topological polar surface area (TPSA) is 121 Å². The molecule has 4 heterocycles. The summed E-state index contributed by atoms with van der Waals surface area (Å²) in [4.78, 5) is 39.8. The Morgan fingerprint density at radius 3 is 2.96 bits per heavy atom. The molecular formula is C16H15N7O3S. The van der Waals surface area contributed by atoms with Crippen LogP contribution in [0.15, 0.2) is 28.9 Å². The van der Waals surface area contributed by atoms with Crippen molar-refractivity contribution in [3.05, 3.63) is 50.7 Å². The summed E-state index contributed by atoms with van der Waals surface area (Å²) in [5.74, 6) is -0.310. The Hall–Kier alpha value is -3.34. The third kappa shape index (κ3) is 3.24. The summed E-state index contributed by atoms with van der Waals surface area (Å²) >= 11 is 1.55. The molecule has 0 spiro atoms. The lowest BCUT2D eigenvalue weighted by Gasteiger charge is -2.03. The van der Waals surface area contributed by atoms with Gasteiger partial charge in [-0.05, 0) is 13.8 Å². The summed E-state index contributed by atoms with van der Waals surface area (Å²) in [6.07, 6.45) is 4.36. The maximum atomic E-state index is 12.4. The van der Waals surface area contributed by atoms with Gasteiger partial charge in [-0.3, -0.25) is 9.78 Å². The SMILES string of the molecule is CCOC(=O)c1cnn(-c2nc3c(ncn3Cc3csc(C)n3)c(=O)[nH]2)c1. The summed E-state index contributed by atoms with van der Waals surface area (Å²) < 4.78 is 8.01. The number of fused-ring (bicyclic) bond motifs is 1. The molecule has 0 atom stereocenters. The second-order valence-electron chi connectivity index (χ2n) is 5.69. The van der Waals surface area contributed by atoms with E-state index >= 15 is 0 Å². The van der Waals surface area contributed by atoms with E-state index < -0.39 is 11.5 Å². The molecule has 11 heteroatoms. The van der Waals surface area contributed by atoms with Crippen LogP contribution in [0.2, 0.25) is 0 Å². The fraction of sp³-hybridized carbons (Fsp3) is 0.250. The van der Waals surface area contributed by atoms with Crippen molar-refractivity contribution in [3.63, 3.8) is 0 Å². The van der Waals surface area contributed by atoms with Crippen molar-refractivity contribution < 1.29 is 9.53 Å². The number of hydrogen-bond acceptors (Lipinski definition) is 8. The number of aromatic amines is 1. The molecule has 0 aliphatic heterocycles. The van der Waals surface area contributed by atoms with Gasteiger partial charge in [0.2, 0.25) is 5.95 Å². The Labute approximate surface area is 156 Å². The van der Waals surface area contributed by atoms with Gasteiger partial charge in [0.25, 0.3) is 5.56 Å². The van der Waals surface area contributed by atoms with Crippen LogP contribution in [0.25, 0.3) is 17.1 Å². The van der Waals surface area contributed by atoms with Gasteiger partial charge in [0.15, 0.2) is 11.2 Å². The number of aromatic nitrogens is 7. The summed E-state index contributed by atoms with van der Waals surface area (Å²) in [5, 5.41) is 7.00. The number of rotatable bonds is 5. The molecule has 0 fully saturated rings. The van der Waals surface area contributed by atoms with Gasteiger partial charge in [-0.1, -0.05) is 0 Å². The number of nitrogens with one attached hydrogen (secondary N) is 1. The number of esters is 1. The fourth-order valence-electron chi connectivity index (χ4n) is 2.58. The number of imidazole rings is 1. The van der Waals surface area contributed by atoms with Crippen LogP contribution in [-0.2, 0) is 11.3 Å². The number of carbonyl (C=O) groups is 1. The Morgan fingerprint density at radius 2 is 2.22 bits per heavy atom. The quantitative estimate of drug-likeness (QED) is 0.514. The highest BCUT2D eigenvalue weighted by Crippen LogP contribution is 2.13. The number of carbonyl (C=O) groups excluding carboxylic acids is 1. The number of ether oxygens (including phenoxy) is 1. The van der Waals surface area contributed by atoms with Crippen LogP contribution in [0.4, 0.5) is 0 Å². The molecule has 0 aliphatic carbocycles. The largest absolute Gasteiger partial charge is 0.462 e. The van der Waals surface area contributed by atoms with E-state index in [1.54, 1.807) is 29.2 Å². The van der Waals surface area contributed by atoms with Crippen LogP contribution in [0.1, 0.15) is 28.0 Å². The molecule has 0 bridgehead atoms. The minimum Gasteiger partial charge on any atom is -0.462 e. The number of nitrogens with zero attached hydrogens (tertiary/aromatic N) is 6. The molecular weight excluding hydrogens is 370 g/mol. The van der Waals surface area contributed by atoms with Crippen molar-refractivity contribution in [1.29, 1.82) is 0 Å². The zero-order valence-corrected chi connectivity index (χ0v) is 15.4. The Balaban J connectivity index is 1.73. The Bertz CT molecular complexity index is 1190. The molecule has 0 aromatic carbocycles. The zero-order valence-electron chi connectivity index (χ0n) is 14.5. The first-order valence-electron chi connectivity index (χ1n) is 8.13. The molecule has 27 heavy (non-hydrogen) atoms. The normalized spacial score (nSPS) is 11.2. The second-order valence-corrected chi connectivity index (χ2v) is 6.75. The molecule has 4 aromatic rings. The molecule has 0 unspecified atom stereocenters. The van der Waals surface area contributed by atoms with Crippen molar-refractivity contribution >= 4 is 28.5 Å². The molecule has 1 N–H and O–H groups in total. The van der Waals surface area contributed by atoms with Crippen LogP contribution in [-0.4, -0.2) is 46.9 Å².